The fourth-order valence-electron chi connectivity index (χ4n) is 1.34. The monoisotopic (exact) mass is 234 g/mol. The summed E-state index contributed by atoms with van der Waals surface area (Å²) in [7, 11) is 1.57. The minimum atomic E-state index is -0.553. The van der Waals surface area contributed by atoms with Crippen LogP contribution in [0.5, 0.6) is 0 Å². The largest absolute Gasteiger partial charge is 0.383 e. The van der Waals surface area contributed by atoms with Gasteiger partial charge in [0, 0.05) is 13.2 Å². The molecule has 0 fully saturated rings. The van der Waals surface area contributed by atoms with E-state index in [1.807, 2.05) is 0 Å². The standard InChI is InChI=1S/C11H13ClF2O/c1-15-7-9(12)3-2-8-4-10(13)6-11(14)5-8/h4-6,9H,2-3,7H2,1H3. The van der Waals surface area contributed by atoms with E-state index in [1.54, 1.807) is 7.11 Å². The lowest BCUT2D eigenvalue weighted by Gasteiger charge is -2.07. The molecule has 0 aromatic heterocycles. The van der Waals surface area contributed by atoms with E-state index in [0.29, 0.717) is 25.0 Å². The Morgan fingerprint density at radius 1 is 1.27 bits per heavy atom. The highest BCUT2D eigenvalue weighted by molar-refractivity contribution is 6.20. The smallest absolute Gasteiger partial charge is 0.126 e. The number of alkyl halides is 1. The van der Waals surface area contributed by atoms with E-state index in [-0.39, 0.29) is 5.38 Å². The zero-order valence-electron chi connectivity index (χ0n) is 8.47. The summed E-state index contributed by atoms with van der Waals surface area (Å²) in [6.07, 6.45) is 1.19. The summed E-state index contributed by atoms with van der Waals surface area (Å²) < 4.78 is 30.5. The zero-order valence-corrected chi connectivity index (χ0v) is 9.23. The Morgan fingerprint density at radius 3 is 2.40 bits per heavy atom. The lowest BCUT2D eigenvalue weighted by Crippen LogP contribution is -2.08. The van der Waals surface area contributed by atoms with Crippen molar-refractivity contribution in [2.75, 3.05) is 13.7 Å². The Kier molecular flexibility index (Phi) is 4.99. The van der Waals surface area contributed by atoms with Crippen LogP contribution in [0.3, 0.4) is 0 Å². The van der Waals surface area contributed by atoms with Crippen molar-refractivity contribution in [1.29, 1.82) is 0 Å². The first kappa shape index (κ1) is 12.4. The van der Waals surface area contributed by atoms with Crippen molar-refractivity contribution in [3.05, 3.63) is 35.4 Å². The van der Waals surface area contributed by atoms with E-state index in [4.69, 9.17) is 16.3 Å². The molecule has 0 spiro atoms. The van der Waals surface area contributed by atoms with Crippen molar-refractivity contribution in [2.45, 2.75) is 18.2 Å². The summed E-state index contributed by atoms with van der Waals surface area (Å²) in [6, 6.07) is 3.50. The Labute approximate surface area is 93.0 Å². The Morgan fingerprint density at radius 2 is 1.87 bits per heavy atom. The second-order valence-corrected chi connectivity index (χ2v) is 3.99. The number of halogens is 3. The molecule has 15 heavy (non-hydrogen) atoms. The highest BCUT2D eigenvalue weighted by Crippen LogP contribution is 2.13. The van der Waals surface area contributed by atoms with E-state index in [9.17, 15) is 8.78 Å². The summed E-state index contributed by atoms with van der Waals surface area (Å²) in [5.41, 5.74) is 0.620. The average molecular weight is 235 g/mol. The second-order valence-electron chi connectivity index (χ2n) is 3.37. The van der Waals surface area contributed by atoms with Crippen molar-refractivity contribution < 1.29 is 13.5 Å². The SMILES string of the molecule is COCC(Cl)CCc1cc(F)cc(F)c1. The average Bonchev–Trinajstić information content (AvgIpc) is 2.14. The van der Waals surface area contributed by atoms with E-state index in [1.165, 1.54) is 12.1 Å². The molecule has 1 rings (SSSR count). The van der Waals surface area contributed by atoms with Crippen LogP contribution < -0.4 is 0 Å². The van der Waals surface area contributed by atoms with E-state index >= 15 is 0 Å². The highest BCUT2D eigenvalue weighted by atomic mass is 35.5. The molecule has 0 radical (unpaired) electrons. The molecule has 0 heterocycles. The van der Waals surface area contributed by atoms with E-state index in [0.717, 1.165) is 6.07 Å². The van der Waals surface area contributed by atoms with Crippen molar-refractivity contribution in [3.63, 3.8) is 0 Å². The van der Waals surface area contributed by atoms with Gasteiger partial charge in [0.2, 0.25) is 0 Å². The maximum atomic E-state index is 12.8. The van der Waals surface area contributed by atoms with Gasteiger partial charge in [-0.25, -0.2) is 8.78 Å². The molecule has 0 saturated heterocycles. The molecule has 1 atom stereocenters. The normalized spacial score (nSPS) is 12.8. The van der Waals surface area contributed by atoms with Crippen molar-refractivity contribution in [2.24, 2.45) is 0 Å². The quantitative estimate of drug-likeness (QED) is 0.712. The van der Waals surface area contributed by atoms with Crippen LogP contribution in [0.2, 0.25) is 0 Å². The van der Waals surface area contributed by atoms with Crippen LogP contribution in [-0.4, -0.2) is 19.1 Å². The van der Waals surface area contributed by atoms with E-state index < -0.39 is 11.6 Å². The fourth-order valence-corrected chi connectivity index (χ4v) is 1.58. The van der Waals surface area contributed by atoms with Gasteiger partial charge in [0.25, 0.3) is 0 Å². The van der Waals surface area contributed by atoms with Gasteiger partial charge in [-0.15, -0.1) is 11.6 Å². The fraction of sp³-hybridized carbons (Fsp3) is 0.455. The molecule has 0 aliphatic carbocycles. The van der Waals surface area contributed by atoms with Crippen molar-refractivity contribution in [1.82, 2.24) is 0 Å². The molecule has 1 aromatic rings. The summed E-state index contributed by atoms with van der Waals surface area (Å²) in [6.45, 7) is 0.444. The third-order valence-corrected chi connectivity index (χ3v) is 2.36. The van der Waals surface area contributed by atoms with Gasteiger partial charge in [-0.1, -0.05) is 0 Å². The van der Waals surface area contributed by atoms with Gasteiger partial charge in [0.1, 0.15) is 11.6 Å². The first-order valence-corrected chi connectivity index (χ1v) is 5.13. The van der Waals surface area contributed by atoms with Crippen LogP contribution in [0.15, 0.2) is 18.2 Å². The molecule has 1 nitrogen and oxygen atoms in total. The van der Waals surface area contributed by atoms with E-state index in [2.05, 4.69) is 0 Å². The van der Waals surface area contributed by atoms with Gasteiger partial charge in [-0.2, -0.15) is 0 Å². The van der Waals surface area contributed by atoms with Crippen LogP contribution >= 0.6 is 11.6 Å². The predicted molar refractivity (Wildman–Crippen MR) is 56.2 cm³/mol. The number of hydrogen-bond acceptors (Lipinski definition) is 1. The maximum Gasteiger partial charge on any atom is 0.126 e. The predicted octanol–water partition coefficient (Wildman–Crippen LogP) is 3.15. The number of methoxy groups -OCH3 is 1. The maximum absolute atomic E-state index is 12.8. The third kappa shape index (κ3) is 4.58. The molecule has 0 bridgehead atoms. The molecule has 1 unspecified atom stereocenters. The Bertz CT molecular complexity index is 297. The molecule has 0 amide bonds. The van der Waals surface area contributed by atoms with Crippen LogP contribution in [0.25, 0.3) is 0 Å². The van der Waals surface area contributed by atoms with Gasteiger partial charge < -0.3 is 4.74 Å². The summed E-state index contributed by atoms with van der Waals surface area (Å²) in [5, 5.41) is -0.124. The number of hydrogen-bond donors (Lipinski definition) is 0. The molecule has 4 heteroatoms. The first-order chi connectivity index (χ1) is 7.11. The number of ether oxygens (including phenoxy) is 1. The molecular weight excluding hydrogens is 222 g/mol. The minimum Gasteiger partial charge on any atom is -0.383 e. The topological polar surface area (TPSA) is 9.23 Å². The van der Waals surface area contributed by atoms with Crippen LogP contribution in [0.4, 0.5) is 8.78 Å². The second kappa shape index (κ2) is 6.03. The molecule has 0 aliphatic rings. The highest BCUT2D eigenvalue weighted by Gasteiger charge is 2.06. The Balaban J connectivity index is 2.50. The summed E-state index contributed by atoms with van der Waals surface area (Å²) >= 11 is 5.90. The number of benzene rings is 1. The zero-order chi connectivity index (χ0) is 11.3. The lowest BCUT2D eigenvalue weighted by atomic mass is 10.1. The van der Waals surface area contributed by atoms with Crippen molar-refractivity contribution in [3.8, 4) is 0 Å². The number of rotatable bonds is 5. The molecular formula is C11H13ClF2O. The molecule has 0 saturated carbocycles. The molecule has 0 N–H and O–H groups in total. The first-order valence-electron chi connectivity index (χ1n) is 4.70. The van der Waals surface area contributed by atoms with Gasteiger partial charge >= 0.3 is 0 Å². The minimum absolute atomic E-state index is 0.124. The number of aryl methyl sites for hydroxylation is 1. The van der Waals surface area contributed by atoms with Gasteiger partial charge in [-0.05, 0) is 30.5 Å². The van der Waals surface area contributed by atoms with Gasteiger partial charge in [-0.3, -0.25) is 0 Å². The summed E-state index contributed by atoms with van der Waals surface area (Å²) in [5.74, 6) is -1.11. The third-order valence-electron chi connectivity index (χ3n) is 2.02. The van der Waals surface area contributed by atoms with Crippen LogP contribution in [0.1, 0.15) is 12.0 Å². The Hall–Kier alpha value is -0.670. The molecule has 84 valence electrons. The molecule has 1 aromatic carbocycles. The van der Waals surface area contributed by atoms with Crippen LogP contribution in [-0.2, 0) is 11.2 Å². The van der Waals surface area contributed by atoms with Gasteiger partial charge in [0.05, 0.1) is 12.0 Å². The van der Waals surface area contributed by atoms with Crippen LogP contribution in [0, 0.1) is 11.6 Å². The molecule has 0 aliphatic heterocycles. The summed E-state index contributed by atoms with van der Waals surface area (Å²) in [4.78, 5) is 0. The lowest BCUT2D eigenvalue weighted by molar-refractivity contribution is 0.195. The van der Waals surface area contributed by atoms with Gasteiger partial charge in [0.15, 0.2) is 0 Å². The van der Waals surface area contributed by atoms with Crippen molar-refractivity contribution >= 4 is 11.6 Å².